The molecule has 0 amide bonds. The number of nitrogen functional groups attached to an aromatic ring is 1. The van der Waals surface area contributed by atoms with Gasteiger partial charge < -0.3 is 20.2 Å². The predicted molar refractivity (Wildman–Crippen MR) is 75.1 cm³/mol. The number of ether oxygens (including phenoxy) is 2. The Balaban J connectivity index is 2.46. The van der Waals surface area contributed by atoms with E-state index in [1.54, 1.807) is 13.2 Å². The molecule has 0 spiro atoms. The number of rotatable bonds is 9. The molecular formula is C12H23N5O2. The van der Waals surface area contributed by atoms with Crippen LogP contribution in [0.3, 0.4) is 0 Å². The molecule has 0 radical (unpaired) electrons. The third-order valence-corrected chi connectivity index (χ3v) is 2.39. The molecule has 1 heterocycles. The van der Waals surface area contributed by atoms with Gasteiger partial charge in [-0.3, -0.25) is 0 Å². The molecule has 1 rings (SSSR count). The van der Waals surface area contributed by atoms with Gasteiger partial charge in [-0.2, -0.15) is 0 Å². The van der Waals surface area contributed by atoms with Gasteiger partial charge in [-0.1, -0.05) is 13.8 Å². The molecule has 0 aliphatic carbocycles. The number of nitrogens with one attached hydrogen (secondary N) is 2. The molecule has 19 heavy (non-hydrogen) atoms. The van der Waals surface area contributed by atoms with E-state index in [-0.39, 0.29) is 5.92 Å². The number of aromatic nitrogens is 2. The average Bonchev–Trinajstić information content (AvgIpc) is 2.42. The van der Waals surface area contributed by atoms with Crippen LogP contribution in [0.4, 0.5) is 11.6 Å². The summed E-state index contributed by atoms with van der Waals surface area (Å²) in [5.41, 5.74) is 2.54. The first-order chi connectivity index (χ1) is 9.17. The summed E-state index contributed by atoms with van der Waals surface area (Å²) in [7, 11) is 1.65. The van der Waals surface area contributed by atoms with E-state index in [1.807, 2.05) is 13.8 Å². The maximum atomic E-state index is 5.39. The van der Waals surface area contributed by atoms with Gasteiger partial charge >= 0.3 is 0 Å². The number of hydrazine groups is 1. The molecule has 0 aliphatic rings. The van der Waals surface area contributed by atoms with Crippen molar-refractivity contribution in [3.8, 4) is 0 Å². The summed E-state index contributed by atoms with van der Waals surface area (Å²) in [6.45, 7) is 6.53. The van der Waals surface area contributed by atoms with Crippen LogP contribution in [0, 0.1) is 0 Å². The summed E-state index contributed by atoms with van der Waals surface area (Å²) in [6.07, 6.45) is 0. The largest absolute Gasteiger partial charge is 0.382 e. The zero-order chi connectivity index (χ0) is 14.1. The van der Waals surface area contributed by atoms with Crippen molar-refractivity contribution in [3.63, 3.8) is 0 Å². The first-order valence-corrected chi connectivity index (χ1v) is 6.33. The summed E-state index contributed by atoms with van der Waals surface area (Å²) in [5, 5.41) is 3.18. The van der Waals surface area contributed by atoms with Gasteiger partial charge in [0.25, 0.3) is 0 Å². The third-order valence-electron chi connectivity index (χ3n) is 2.39. The molecule has 7 nitrogen and oxygen atoms in total. The summed E-state index contributed by atoms with van der Waals surface area (Å²) in [5.74, 6) is 7.72. The number of hydrogen-bond acceptors (Lipinski definition) is 7. The summed E-state index contributed by atoms with van der Waals surface area (Å²) in [6, 6.07) is 1.76. The highest BCUT2D eigenvalue weighted by atomic mass is 16.5. The second-order valence-electron chi connectivity index (χ2n) is 4.33. The zero-order valence-corrected chi connectivity index (χ0v) is 11.8. The Morgan fingerprint density at radius 1 is 1.21 bits per heavy atom. The van der Waals surface area contributed by atoms with E-state index in [4.69, 9.17) is 15.3 Å². The first kappa shape index (κ1) is 15.6. The lowest BCUT2D eigenvalue weighted by molar-refractivity contribution is 0.0759. The second-order valence-corrected chi connectivity index (χ2v) is 4.33. The highest BCUT2D eigenvalue weighted by molar-refractivity contribution is 5.47. The van der Waals surface area contributed by atoms with Crippen LogP contribution in [0.2, 0.25) is 0 Å². The van der Waals surface area contributed by atoms with E-state index in [1.165, 1.54) is 0 Å². The van der Waals surface area contributed by atoms with Crippen LogP contribution in [-0.2, 0) is 9.47 Å². The quantitative estimate of drug-likeness (QED) is 0.349. The van der Waals surface area contributed by atoms with E-state index in [9.17, 15) is 0 Å². The monoisotopic (exact) mass is 269 g/mol. The average molecular weight is 269 g/mol. The predicted octanol–water partition coefficient (Wildman–Crippen LogP) is 0.961. The van der Waals surface area contributed by atoms with E-state index >= 15 is 0 Å². The number of methoxy groups -OCH3 is 1. The van der Waals surface area contributed by atoms with Gasteiger partial charge in [-0.15, -0.1) is 0 Å². The van der Waals surface area contributed by atoms with Crippen molar-refractivity contribution in [1.29, 1.82) is 0 Å². The lowest BCUT2D eigenvalue weighted by atomic mass is 10.2. The molecule has 0 fully saturated rings. The molecule has 0 aliphatic heterocycles. The molecule has 0 unspecified atom stereocenters. The minimum Gasteiger partial charge on any atom is -0.382 e. The van der Waals surface area contributed by atoms with Gasteiger partial charge in [0.2, 0.25) is 0 Å². The normalized spacial score (nSPS) is 10.8. The van der Waals surface area contributed by atoms with Crippen molar-refractivity contribution < 1.29 is 9.47 Å². The van der Waals surface area contributed by atoms with E-state index in [0.29, 0.717) is 32.2 Å². The first-order valence-electron chi connectivity index (χ1n) is 6.33. The van der Waals surface area contributed by atoms with Crippen molar-refractivity contribution in [1.82, 2.24) is 9.97 Å². The highest BCUT2D eigenvalue weighted by Crippen LogP contribution is 2.15. The van der Waals surface area contributed by atoms with Crippen LogP contribution in [-0.4, -0.2) is 43.4 Å². The van der Waals surface area contributed by atoms with Gasteiger partial charge in [0.15, 0.2) is 0 Å². The summed E-state index contributed by atoms with van der Waals surface area (Å²) < 4.78 is 10.2. The molecule has 1 aromatic heterocycles. The number of nitrogens with two attached hydrogens (primary N) is 1. The molecule has 0 saturated carbocycles. The van der Waals surface area contributed by atoms with Crippen molar-refractivity contribution in [2.75, 3.05) is 44.2 Å². The Morgan fingerprint density at radius 3 is 2.58 bits per heavy atom. The Hall–Kier alpha value is -1.44. The minimum atomic E-state index is 0.242. The van der Waals surface area contributed by atoms with Gasteiger partial charge in [0.05, 0.1) is 19.8 Å². The lowest BCUT2D eigenvalue weighted by Gasteiger charge is -2.11. The topological polar surface area (TPSA) is 94.3 Å². The summed E-state index contributed by atoms with van der Waals surface area (Å²) >= 11 is 0. The van der Waals surface area contributed by atoms with Gasteiger partial charge in [0.1, 0.15) is 17.5 Å². The second kappa shape index (κ2) is 8.63. The SMILES string of the molecule is COCCOCCNc1cc(NN)nc(C(C)C)n1. The fourth-order valence-corrected chi connectivity index (χ4v) is 1.38. The van der Waals surface area contributed by atoms with Crippen LogP contribution < -0.4 is 16.6 Å². The van der Waals surface area contributed by atoms with Crippen LogP contribution in [0.5, 0.6) is 0 Å². The van der Waals surface area contributed by atoms with Crippen LogP contribution in [0.25, 0.3) is 0 Å². The Kier molecular flexibility index (Phi) is 7.09. The highest BCUT2D eigenvalue weighted by Gasteiger charge is 2.07. The molecule has 0 atom stereocenters. The van der Waals surface area contributed by atoms with Crippen LogP contribution in [0.1, 0.15) is 25.6 Å². The van der Waals surface area contributed by atoms with Gasteiger partial charge in [-0.25, -0.2) is 15.8 Å². The Bertz CT molecular complexity index is 373. The molecule has 0 bridgehead atoms. The zero-order valence-electron chi connectivity index (χ0n) is 11.8. The van der Waals surface area contributed by atoms with Crippen molar-refractivity contribution in [3.05, 3.63) is 11.9 Å². The maximum Gasteiger partial charge on any atom is 0.145 e. The van der Waals surface area contributed by atoms with Gasteiger partial charge in [-0.05, 0) is 0 Å². The molecule has 7 heteroatoms. The molecular weight excluding hydrogens is 246 g/mol. The Labute approximate surface area is 113 Å². The molecule has 0 saturated heterocycles. The minimum absolute atomic E-state index is 0.242. The number of anilines is 2. The van der Waals surface area contributed by atoms with Crippen molar-refractivity contribution in [2.24, 2.45) is 5.84 Å². The lowest BCUT2D eigenvalue weighted by Crippen LogP contribution is -2.15. The fourth-order valence-electron chi connectivity index (χ4n) is 1.38. The van der Waals surface area contributed by atoms with Crippen molar-refractivity contribution in [2.45, 2.75) is 19.8 Å². The maximum absolute atomic E-state index is 5.39. The number of nitrogens with zero attached hydrogens (tertiary/aromatic N) is 2. The Morgan fingerprint density at radius 2 is 1.95 bits per heavy atom. The van der Waals surface area contributed by atoms with E-state index < -0.39 is 0 Å². The molecule has 4 N–H and O–H groups in total. The summed E-state index contributed by atoms with van der Waals surface area (Å²) in [4.78, 5) is 8.70. The molecule has 1 aromatic rings. The standard InChI is InChI=1S/C12H23N5O2/c1-9(2)12-15-10(8-11(16-12)17-13)14-4-5-19-7-6-18-3/h8-9H,4-7,13H2,1-3H3,(H2,14,15,16,17). The van der Waals surface area contributed by atoms with E-state index in [0.717, 1.165) is 11.6 Å². The smallest absolute Gasteiger partial charge is 0.145 e. The van der Waals surface area contributed by atoms with Crippen LogP contribution >= 0.6 is 0 Å². The molecule has 108 valence electrons. The number of hydrogen-bond donors (Lipinski definition) is 3. The third kappa shape index (κ3) is 5.82. The molecule has 0 aromatic carbocycles. The fraction of sp³-hybridized carbons (Fsp3) is 0.667. The van der Waals surface area contributed by atoms with Crippen LogP contribution in [0.15, 0.2) is 6.07 Å². The van der Waals surface area contributed by atoms with Gasteiger partial charge in [0, 0.05) is 25.6 Å². The van der Waals surface area contributed by atoms with E-state index in [2.05, 4.69) is 20.7 Å². The van der Waals surface area contributed by atoms with Crippen molar-refractivity contribution >= 4 is 11.6 Å².